The van der Waals surface area contributed by atoms with Gasteiger partial charge in [-0.05, 0) is 24.3 Å². The molecule has 2 amide bonds. The van der Waals surface area contributed by atoms with Gasteiger partial charge in [-0.1, -0.05) is 30.3 Å². The third-order valence-electron chi connectivity index (χ3n) is 4.80. The summed E-state index contributed by atoms with van der Waals surface area (Å²) in [5, 5.41) is 3.32. The van der Waals surface area contributed by atoms with Crippen molar-refractivity contribution in [2.24, 2.45) is 0 Å². The Morgan fingerprint density at radius 2 is 1.90 bits per heavy atom. The molecule has 1 atom stereocenters. The molecule has 1 aromatic heterocycles. The van der Waals surface area contributed by atoms with Gasteiger partial charge in [0.15, 0.2) is 0 Å². The summed E-state index contributed by atoms with van der Waals surface area (Å²) in [6.07, 6.45) is -2.53. The topological polar surface area (TPSA) is 54.5 Å². The molecule has 0 saturated carbocycles. The number of carbonyl (C=O) groups excluding carboxylic acids is 1. The third kappa shape index (κ3) is 4.11. The second-order valence-corrected chi connectivity index (χ2v) is 6.78. The van der Waals surface area contributed by atoms with Crippen LogP contribution in [0.15, 0.2) is 60.8 Å². The number of nitrogens with one attached hydrogen (secondary N) is 1. The highest BCUT2D eigenvalue weighted by Crippen LogP contribution is 2.35. The van der Waals surface area contributed by atoms with Crippen LogP contribution in [0, 0.1) is 0 Å². The Labute approximate surface area is 165 Å². The number of aromatic nitrogens is 1. The van der Waals surface area contributed by atoms with E-state index in [-0.39, 0.29) is 18.3 Å². The van der Waals surface area contributed by atoms with Crippen molar-refractivity contribution in [3.63, 3.8) is 0 Å². The van der Waals surface area contributed by atoms with Crippen molar-refractivity contribution >= 4 is 22.6 Å². The Hall–Kier alpha value is -3.29. The number of pyridine rings is 1. The summed E-state index contributed by atoms with van der Waals surface area (Å²) in [7, 11) is 0. The molecule has 2 heterocycles. The number of likely N-dealkylation sites (tertiary alicyclic amines) is 1. The normalized spacial score (nSPS) is 16.8. The minimum Gasteiger partial charge on any atom is -0.486 e. The predicted molar refractivity (Wildman–Crippen MR) is 103 cm³/mol. The number of halogens is 3. The monoisotopic (exact) mass is 401 g/mol. The van der Waals surface area contributed by atoms with Crippen LogP contribution in [-0.4, -0.2) is 35.1 Å². The van der Waals surface area contributed by atoms with Gasteiger partial charge in [-0.3, -0.25) is 4.98 Å². The van der Waals surface area contributed by atoms with Crippen LogP contribution in [0.4, 0.5) is 23.7 Å². The number of nitrogens with zero attached hydrogens (tertiary/aromatic N) is 2. The second kappa shape index (κ2) is 7.62. The quantitative estimate of drug-likeness (QED) is 0.677. The molecular formula is C21H18F3N3O2. The molecule has 1 unspecified atom stereocenters. The lowest BCUT2D eigenvalue weighted by Crippen LogP contribution is -2.35. The van der Waals surface area contributed by atoms with E-state index in [4.69, 9.17) is 4.74 Å². The molecular weight excluding hydrogens is 383 g/mol. The van der Waals surface area contributed by atoms with E-state index in [1.165, 1.54) is 23.1 Å². The summed E-state index contributed by atoms with van der Waals surface area (Å²) in [4.78, 5) is 18.3. The minimum atomic E-state index is -4.54. The number of anilines is 1. The Morgan fingerprint density at radius 3 is 2.72 bits per heavy atom. The third-order valence-corrected chi connectivity index (χ3v) is 4.80. The Balaban J connectivity index is 1.43. The molecule has 4 rings (SSSR count). The van der Waals surface area contributed by atoms with Crippen molar-refractivity contribution in [3.8, 4) is 5.75 Å². The molecule has 5 nitrogen and oxygen atoms in total. The number of urea groups is 1. The van der Waals surface area contributed by atoms with Gasteiger partial charge in [-0.25, -0.2) is 4.79 Å². The maximum Gasteiger partial charge on any atom is 0.418 e. The molecule has 1 aliphatic heterocycles. The van der Waals surface area contributed by atoms with Gasteiger partial charge in [-0.15, -0.1) is 0 Å². The Kier molecular flexibility index (Phi) is 5.00. The zero-order valence-corrected chi connectivity index (χ0v) is 15.3. The van der Waals surface area contributed by atoms with E-state index in [9.17, 15) is 18.0 Å². The molecule has 0 bridgehead atoms. The van der Waals surface area contributed by atoms with E-state index in [2.05, 4.69) is 10.3 Å². The molecule has 2 aromatic carbocycles. The molecule has 1 aliphatic rings. The van der Waals surface area contributed by atoms with Crippen LogP contribution in [0.3, 0.4) is 0 Å². The molecule has 1 fully saturated rings. The Bertz CT molecular complexity index is 1030. The highest BCUT2D eigenvalue weighted by atomic mass is 19.4. The fourth-order valence-electron chi connectivity index (χ4n) is 3.39. The summed E-state index contributed by atoms with van der Waals surface area (Å²) >= 11 is 0. The molecule has 8 heteroatoms. The highest BCUT2D eigenvalue weighted by molar-refractivity contribution is 5.90. The van der Waals surface area contributed by atoms with Gasteiger partial charge >= 0.3 is 12.2 Å². The van der Waals surface area contributed by atoms with Crippen molar-refractivity contribution in [3.05, 3.63) is 66.4 Å². The van der Waals surface area contributed by atoms with E-state index < -0.39 is 17.8 Å². The molecule has 150 valence electrons. The fourth-order valence-corrected chi connectivity index (χ4v) is 3.39. The van der Waals surface area contributed by atoms with Crippen LogP contribution < -0.4 is 10.1 Å². The number of alkyl halides is 3. The van der Waals surface area contributed by atoms with Crippen molar-refractivity contribution in [1.29, 1.82) is 0 Å². The molecule has 0 radical (unpaired) electrons. The summed E-state index contributed by atoms with van der Waals surface area (Å²) in [6.45, 7) is 0.673. The number of para-hydroxylation sites is 2. The fraction of sp³-hybridized carbons (Fsp3) is 0.238. The van der Waals surface area contributed by atoms with E-state index in [1.54, 1.807) is 6.20 Å². The van der Waals surface area contributed by atoms with Gasteiger partial charge in [0, 0.05) is 24.5 Å². The molecule has 1 N–H and O–H groups in total. The van der Waals surface area contributed by atoms with Crippen molar-refractivity contribution in [2.75, 3.05) is 18.4 Å². The zero-order chi connectivity index (χ0) is 20.4. The number of hydrogen-bond donors (Lipinski definition) is 1. The first kappa shape index (κ1) is 19.0. The highest BCUT2D eigenvalue weighted by Gasteiger charge is 2.35. The molecule has 1 saturated heterocycles. The van der Waals surface area contributed by atoms with Gasteiger partial charge in [0.25, 0.3) is 0 Å². The van der Waals surface area contributed by atoms with Gasteiger partial charge in [0.2, 0.25) is 0 Å². The first-order chi connectivity index (χ1) is 13.9. The number of fused-ring (bicyclic) bond motifs is 1. The van der Waals surface area contributed by atoms with Crippen molar-refractivity contribution < 1.29 is 22.7 Å². The lowest BCUT2D eigenvalue weighted by molar-refractivity contribution is -0.136. The van der Waals surface area contributed by atoms with Crippen LogP contribution in [0.5, 0.6) is 5.75 Å². The SMILES string of the molecule is O=C(Nc1ccccc1C(F)(F)F)N1CCC(Oc2cccc3cccnc23)C1. The van der Waals surface area contributed by atoms with Gasteiger partial charge in [-0.2, -0.15) is 13.2 Å². The minimum absolute atomic E-state index is 0.257. The van der Waals surface area contributed by atoms with E-state index in [0.717, 1.165) is 17.0 Å². The lowest BCUT2D eigenvalue weighted by Gasteiger charge is -2.20. The van der Waals surface area contributed by atoms with Gasteiger partial charge < -0.3 is 15.0 Å². The van der Waals surface area contributed by atoms with Crippen molar-refractivity contribution in [2.45, 2.75) is 18.7 Å². The standard InChI is InChI=1S/C21H18F3N3O2/c22-21(23,24)16-7-1-2-8-17(16)26-20(28)27-12-10-15(13-27)29-18-9-3-5-14-6-4-11-25-19(14)18/h1-9,11,15H,10,12-13H2,(H,26,28). The maximum absolute atomic E-state index is 13.1. The maximum atomic E-state index is 13.1. The summed E-state index contributed by atoms with van der Waals surface area (Å²) in [5.41, 5.74) is -0.396. The molecule has 0 aliphatic carbocycles. The number of hydrogen-bond acceptors (Lipinski definition) is 3. The van der Waals surface area contributed by atoms with Gasteiger partial charge in [0.1, 0.15) is 17.4 Å². The number of rotatable bonds is 3. The van der Waals surface area contributed by atoms with E-state index in [1.807, 2.05) is 30.3 Å². The van der Waals surface area contributed by atoms with E-state index >= 15 is 0 Å². The van der Waals surface area contributed by atoms with Crippen LogP contribution >= 0.6 is 0 Å². The zero-order valence-electron chi connectivity index (χ0n) is 15.3. The molecule has 0 spiro atoms. The second-order valence-electron chi connectivity index (χ2n) is 6.78. The number of benzene rings is 2. The molecule has 29 heavy (non-hydrogen) atoms. The summed E-state index contributed by atoms with van der Waals surface area (Å²) in [6, 6.07) is 13.7. The summed E-state index contributed by atoms with van der Waals surface area (Å²) < 4.78 is 45.4. The van der Waals surface area contributed by atoms with Crippen LogP contribution in [0.2, 0.25) is 0 Å². The first-order valence-electron chi connectivity index (χ1n) is 9.14. The first-order valence-corrected chi connectivity index (χ1v) is 9.14. The van der Waals surface area contributed by atoms with E-state index in [0.29, 0.717) is 18.7 Å². The van der Waals surface area contributed by atoms with Gasteiger partial charge in [0.05, 0.1) is 17.8 Å². The molecule has 3 aromatic rings. The summed E-state index contributed by atoms with van der Waals surface area (Å²) in [5.74, 6) is 0.623. The Morgan fingerprint density at radius 1 is 1.10 bits per heavy atom. The number of amides is 2. The number of ether oxygens (including phenoxy) is 1. The van der Waals surface area contributed by atoms with Crippen LogP contribution in [0.1, 0.15) is 12.0 Å². The average molecular weight is 401 g/mol. The largest absolute Gasteiger partial charge is 0.486 e. The smallest absolute Gasteiger partial charge is 0.418 e. The van der Waals surface area contributed by atoms with Crippen molar-refractivity contribution in [1.82, 2.24) is 9.88 Å². The van der Waals surface area contributed by atoms with Crippen LogP contribution in [-0.2, 0) is 6.18 Å². The average Bonchev–Trinajstić information content (AvgIpc) is 3.17. The predicted octanol–water partition coefficient (Wildman–Crippen LogP) is 4.94. The number of carbonyl (C=O) groups is 1. The van der Waals surface area contributed by atoms with Crippen LogP contribution in [0.25, 0.3) is 10.9 Å². The lowest BCUT2D eigenvalue weighted by atomic mass is 10.1.